The van der Waals surface area contributed by atoms with Crippen LogP contribution in [0.1, 0.15) is 11.1 Å². The number of hydrogen-bond acceptors (Lipinski definition) is 5. The quantitative estimate of drug-likeness (QED) is 0.585. The Kier molecular flexibility index (Phi) is 5.88. The van der Waals surface area contributed by atoms with Crippen LogP contribution >= 0.6 is 0 Å². The molecule has 0 bridgehead atoms. The minimum absolute atomic E-state index is 0.0654. The highest BCUT2D eigenvalue weighted by molar-refractivity contribution is 7.92. The van der Waals surface area contributed by atoms with Crippen molar-refractivity contribution in [1.29, 1.82) is 0 Å². The van der Waals surface area contributed by atoms with Crippen LogP contribution in [0.3, 0.4) is 0 Å². The second-order valence-electron chi connectivity index (χ2n) is 6.27. The van der Waals surface area contributed by atoms with Crippen molar-refractivity contribution in [2.45, 2.75) is 18.0 Å². The molecule has 0 unspecified atom stereocenters. The van der Waals surface area contributed by atoms with Crippen LogP contribution in [-0.2, 0) is 16.2 Å². The van der Waals surface area contributed by atoms with Crippen LogP contribution in [-0.4, -0.2) is 20.5 Å². The Bertz CT molecular complexity index is 1150. The van der Waals surface area contributed by atoms with E-state index in [0.29, 0.717) is 17.6 Å². The maximum Gasteiger partial charge on any atom is 0.416 e. The molecule has 3 rings (SSSR count). The number of pyridine rings is 1. The maximum atomic E-state index is 12.8. The van der Waals surface area contributed by atoms with E-state index < -0.39 is 26.7 Å². The number of anilines is 1. The number of nitrogens with one attached hydrogen (secondary N) is 1. The number of aryl methyl sites for hydroxylation is 1. The number of nitrogens with zero attached hydrogens (tertiary/aromatic N) is 1. The number of methoxy groups -OCH3 is 1. The summed E-state index contributed by atoms with van der Waals surface area (Å²) in [6.07, 6.45) is -3.45. The van der Waals surface area contributed by atoms with Gasteiger partial charge in [0.25, 0.3) is 10.0 Å². The molecule has 0 radical (unpaired) electrons. The van der Waals surface area contributed by atoms with Crippen molar-refractivity contribution in [2.75, 3.05) is 11.8 Å². The van der Waals surface area contributed by atoms with Crippen LogP contribution in [0.25, 0.3) is 0 Å². The summed E-state index contributed by atoms with van der Waals surface area (Å²) >= 11 is 0. The van der Waals surface area contributed by atoms with Crippen molar-refractivity contribution in [3.8, 4) is 17.4 Å². The van der Waals surface area contributed by atoms with Gasteiger partial charge in [-0.15, -0.1) is 0 Å². The molecule has 1 N–H and O–H groups in total. The number of hydrogen-bond donors (Lipinski definition) is 1. The van der Waals surface area contributed by atoms with E-state index in [2.05, 4.69) is 9.71 Å². The van der Waals surface area contributed by atoms with Gasteiger partial charge in [-0.05, 0) is 48.9 Å². The Morgan fingerprint density at radius 2 is 1.77 bits per heavy atom. The standard InChI is InChI=1S/C20H17F3N2O4S/c1-13-6-8-17(18(10-13)28-2)29-19-9-7-15(12-24-19)25-30(26,27)16-5-3-4-14(11-16)20(21,22)23/h3-12,25H,1-2H3. The molecule has 0 fully saturated rings. The summed E-state index contributed by atoms with van der Waals surface area (Å²) in [5.41, 5.74) is -0.0126. The minimum Gasteiger partial charge on any atom is -0.493 e. The molecule has 0 aliphatic carbocycles. The van der Waals surface area contributed by atoms with Gasteiger partial charge in [-0.3, -0.25) is 4.72 Å². The van der Waals surface area contributed by atoms with Crippen LogP contribution in [0.5, 0.6) is 17.4 Å². The van der Waals surface area contributed by atoms with Gasteiger partial charge in [0.15, 0.2) is 11.5 Å². The van der Waals surface area contributed by atoms with Crippen LogP contribution in [0.15, 0.2) is 65.7 Å². The van der Waals surface area contributed by atoms with E-state index in [4.69, 9.17) is 9.47 Å². The van der Waals surface area contributed by atoms with Gasteiger partial charge in [0, 0.05) is 6.07 Å². The van der Waals surface area contributed by atoms with Crippen molar-refractivity contribution < 1.29 is 31.1 Å². The molecule has 1 aromatic heterocycles. The molecule has 1 heterocycles. The second-order valence-corrected chi connectivity index (χ2v) is 7.95. The predicted molar refractivity (Wildman–Crippen MR) is 104 cm³/mol. The summed E-state index contributed by atoms with van der Waals surface area (Å²) < 4.78 is 76.4. The number of aromatic nitrogens is 1. The molecule has 0 saturated carbocycles. The molecule has 0 aliphatic heterocycles. The number of rotatable bonds is 6. The van der Waals surface area contributed by atoms with Crippen LogP contribution in [0, 0.1) is 6.92 Å². The van der Waals surface area contributed by atoms with Crippen molar-refractivity contribution in [3.05, 3.63) is 71.9 Å². The lowest BCUT2D eigenvalue weighted by atomic mass is 10.2. The van der Waals surface area contributed by atoms with Gasteiger partial charge >= 0.3 is 6.18 Å². The van der Waals surface area contributed by atoms with Gasteiger partial charge in [-0.2, -0.15) is 13.2 Å². The zero-order valence-corrected chi connectivity index (χ0v) is 16.7. The normalized spacial score (nSPS) is 11.8. The Balaban J connectivity index is 1.77. The molecule has 0 aliphatic rings. The Morgan fingerprint density at radius 1 is 1.00 bits per heavy atom. The van der Waals surface area contributed by atoms with E-state index in [-0.39, 0.29) is 11.6 Å². The van der Waals surface area contributed by atoms with E-state index in [1.54, 1.807) is 12.1 Å². The van der Waals surface area contributed by atoms with E-state index in [9.17, 15) is 21.6 Å². The first-order valence-corrected chi connectivity index (χ1v) is 10.1. The molecular formula is C20H17F3N2O4S. The fourth-order valence-electron chi connectivity index (χ4n) is 2.53. The summed E-state index contributed by atoms with van der Waals surface area (Å²) in [7, 11) is -2.73. The van der Waals surface area contributed by atoms with E-state index in [1.165, 1.54) is 25.4 Å². The predicted octanol–water partition coefficient (Wildman–Crippen LogP) is 5.01. The largest absolute Gasteiger partial charge is 0.493 e. The molecule has 10 heteroatoms. The summed E-state index contributed by atoms with van der Waals surface area (Å²) in [6, 6.07) is 11.6. The van der Waals surface area contributed by atoms with Gasteiger partial charge in [-0.1, -0.05) is 12.1 Å². The average Bonchev–Trinajstić information content (AvgIpc) is 2.70. The number of alkyl halides is 3. The van der Waals surface area contributed by atoms with Crippen LogP contribution in [0.2, 0.25) is 0 Å². The highest BCUT2D eigenvalue weighted by Crippen LogP contribution is 2.32. The number of halogens is 3. The molecule has 0 amide bonds. The molecule has 2 aromatic carbocycles. The maximum absolute atomic E-state index is 12.8. The molecule has 30 heavy (non-hydrogen) atoms. The van der Waals surface area contributed by atoms with E-state index >= 15 is 0 Å². The SMILES string of the molecule is COc1cc(C)ccc1Oc1ccc(NS(=O)(=O)c2cccc(C(F)(F)F)c2)cn1. The first-order chi connectivity index (χ1) is 14.1. The second kappa shape index (κ2) is 8.23. The van der Waals surface area contributed by atoms with Gasteiger partial charge in [0.1, 0.15) is 0 Å². The zero-order valence-electron chi connectivity index (χ0n) is 15.9. The van der Waals surface area contributed by atoms with Crippen LogP contribution in [0.4, 0.5) is 18.9 Å². The third kappa shape index (κ3) is 5.01. The van der Waals surface area contributed by atoms with Gasteiger partial charge in [-0.25, -0.2) is 13.4 Å². The molecule has 0 spiro atoms. The average molecular weight is 438 g/mol. The van der Waals surface area contributed by atoms with Crippen molar-refractivity contribution in [3.63, 3.8) is 0 Å². The molecule has 3 aromatic rings. The third-order valence-electron chi connectivity index (χ3n) is 3.99. The summed E-state index contributed by atoms with van der Waals surface area (Å²) in [5.74, 6) is 1.11. The van der Waals surface area contributed by atoms with Gasteiger partial charge < -0.3 is 9.47 Å². The van der Waals surface area contributed by atoms with Gasteiger partial charge in [0.2, 0.25) is 5.88 Å². The lowest BCUT2D eigenvalue weighted by Crippen LogP contribution is -2.14. The molecule has 6 nitrogen and oxygen atoms in total. The van der Waals surface area contributed by atoms with Gasteiger partial charge in [0.05, 0.1) is 29.5 Å². The lowest BCUT2D eigenvalue weighted by Gasteiger charge is -2.12. The van der Waals surface area contributed by atoms with Crippen molar-refractivity contribution in [2.24, 2.45) is 0 Å². The highest BCUT2D eigenvalue weighted by Gasteiger charge is 2.31. The molecule has 158 valence electrons. The molecule has 0 atom stereocenters. The summed E-state index contributed by atoms with van der Waals surface area (Å²) in [5, 5.41) is 0. The Morgan fingerprint density at radius 3 is 2.40 bits per heavy atom. The minimum atomic E-state index is -4.65. The lowest BCUT2D eigenvalue weighted by molar-refractivity contribution is -0.137. The van der Waals surface area contributed by atoms with Crippen molar-refractivity contribution >= 4 is 15.7 Å². The smallest absolute Gasteiger partial charge is 0.416 e. The summed E-state index contributed by atoms with van der Waals surface area (Å²) in [4.78, 5) is 3.51. The fourth-order valence-corrected chi connectivity index (χ4v) is 3.62. The zero-order chi connectivity index (χ0) is 21.9. The molecular weight excluding hydrogens is 421 g/mol. The van der Waals surface area contributed by atoms with E-state index in [0.717, 1.165) is 23.8 Å². The number of ether oxygens (including phenoxy) is 2. The topological polar surface area (TPSA) is 77.5 Å². The number of sulfonamides is 1. The van der Waals surface area contributed by atoms with Crippen molar-refractivity contribution in [1.82, 2.24) is 4.98 Å². The molecule has 0 saturated heterocycles. The summed E-state index contributed by atoms with van der Waals surface area (Å²) in [6.45, 7) is 1.90. The highest BCUT2D eigenvalue weighted by atomic mass is 32.2. The third-order valence-corrected chi connectivity index (χ3v) is 5.37. The van der Waals surface area contributed by atoms with E-state index in [1.807, 2.05) is 13.0 Å². The first-order valence-electron chi connectivity index (χ1n) is 8.57. The Hall–Kier alpha value is -3.27. The fraction of sp³-hybridized carbons (Fsp3) is 0.150. The monoisotopic (exact) mass is 438 g/mol. The first kappa shape index (κ1) is 21.4. The van der Waals surface area contributed by atoms with Crippen LogP contribution < -0.4 is 14.2 Å². The Labute approximate surface area is 171 Å². The number of benzene rings is 2.